The van der Waals surface area contributed by atoms with E-state index in [1.807, 2.05) is 0 Å². The van der Waals surface area contributed by atoms with Crippen molar-refractivity contribution in [2.24, 2.45) is 5.10 Å². The quantitative estimate of drug-likeness (QED) is 0.522. The fourth-order valence-electron chi connectivity index (χ4n) is 1.41. The van der Waals surface area contributed by atoms with Crippen LogP contribution >= 0.6 is 15.9 Å². The molecule has 0 saturated heterocycles. The second-order valence-electron chi connectivity index (χ2n) is 3.72. The van der Waals surface area contributed by atoms with E-state index in [0.29, 0.717) is 11.8 Å². The Morgan fingerprint density at radius 2 is 2.05 bits per heavy atom. The smallest absolute Gasteiger partial charge is 0.221 e. The predicted octanol–water partition coefficient (Wildman–Crippen LogP) is 2.84. The molecule has 100 valence electrons. The van der Waals surface area contributed by atoms with Gasteiger partial charge in [-0.05, 0) is 28.9 Å². The van der Waals surface area contributed by atoms with Gasteiger partial charge in [0.1, 0.15) is 5.82 Å². The number of rotatable bonds is 2. The van der Waals surface area contributed by atoms with E-state index >= 15 is 0 Å². The van der Waals surface area contributed by atoms with Crippen molar-refractivity contribution in [2.75, 3.05) is 5.73 Å². The van der Waals surface area contributed by atoms with Crippen molar-refractivity contribution in [1.82, 2.24) is 9.66 Å². The van der Waals surface area contributed by atoms with Crippen LogP contribution in [0.3, 0.4) is 0 Å². The minimum Gasteiger partial charge on any atom is -0.368 e. The van der Waals surface area contributed by atoms with Gasteiger partial charge in [-0.1, -0.05) is 0 Å². The molecule has 0 amide bonds. The lowest BCUT2D eigenvalue weighted by Gasteiger charge is -2.02. The van der Waals surface area contributed by atoms with E-state index in [-0.39, 0.29) is 11.5 Å². The number of imidazole rings is 1. The minimum atomic E-state index is -1.28. The maximum atomic E-state index is 13.7. The molecule has 19 heavy (non-hydrogen) atoms. The average molecular weight is 333 g/mol. The van der Waals surface area contributed by atoms with Crippen molar-refractivity contribution in [3.8, 4) is 0 Å². The zero-order valence-electron chi connectivity index (χ0n) is 9.66. The van der Waals surface area contributed by atoms with E-state index in [9.17, 15) is 13.2 Å². The first kappa shape index (κ1) is 13.6. The molecule has 2 aromatic rings. The third-order valence-electron chi connectivity index (χ3n) is 2.29. The second kappa shape index (κ2) is 5.04. The Kier molecular flexibility index (Phi) is 3.61. The summed E-state index contributed by atoms with van der Waals surface area (Å²) in [6.07, 6.45) is 2.54. The second-order valence-corrected chi connectivity index (χ2v) is 4.51. The minimum absolute atomic E-state index is 0.107. The summed E-state index contributed by atoms with van der Waals surface area (Å²) in [4.78, 5) is 3.88. The van der Waals surface area contributed by atoms with Crippen LogP contribution in [0, 0.1) is 24.4 Å². The fraction of sp³-hybridized carbons (Fsp3) is 0.0909. The average Bonchev–Trinajstić information content (AvgIpc) is 2.68. The summed E-state index contributed by atoms with van der Waals surface area (Å²) in [6, 6.07) is 0.707. The topological polar surface area (TPSA) is 56.2 Å². The first-order valence-electron chi connectivity index (χ1n) is 5.09. The van der Waals surface area contributed by atoms with Gasteiger partial charge in [0, 0.05) is 5.56 Å². The molecule has 0 spiro atoms. The van der Waals surface area contributed by atoms with Crippen LogP contribution in [0.4, 0.5) is 19.1 Å². The van der Waals surface area contributed by atoms with Crippen molar-refractivity contribution >= 4 is 28.1 Å². The highest BCUT2D eigenvalue weighted by Crippen LogP contribution is 2.24. The number of nitrogen functional groups attached to an aromatic ring is 1. The van der Waals surface area contributed by atoms with Crippen molar-refractivity contribution in [2.45, 2.75) is 6.92 Å². The predicted molar refractivity (Wildman–Crippen MR) is 68.4 cm³/mol. The summed E-state index contributed by atoms with van der Waals surface area (Å²) >= 11 is 2.63. The van der Waals surface area contributed by atoms with Crippen molar-refractivity contribution in [3.63, 3.8) is 0 Å². The summed E-state index contributed by atoms with van der Waals surface area (Å²) in [7, 11) is 0. The third-order valence-corrected chi connectivity index (χ3v) is 2.98. The van der Waals surface area contributed by atoms with E-state index in [2.05, 4.69) is 26.0 Å². The van der Waals surface area contributed by atoms with Crippen LogP contribution in [-0.2, 0) is 0 Å². The Morgan fingerprint density at radius 1 is 1.37 bits per heavy atom. The maximum Gasteiger partial charge on any atom is 0.221 e. The summed E-state index contributed by atoms with van der Waals surface area (Å²) in [6.45, 7) is 1.71. The standard InChI is InChI=1S/C11H8BrF3N4/c1-5-4-19(11(16)18-5)17-3-6-2-7(13)10(15)8(12)9(6)14/h2-4H,1H3,(H2,16,18). The molecule has 1 aromatic heterocycles. The van der Waals surface area contributed by atoms with Crippen LogP contribution in [0.15, 0.2) is 21.8 Å². The number of anilines is 1. The molecule has 0 bridgehead atoms. The maximum absolute atomic E-state index is 13.7. The van der Waals surface area contributed by atoms with Gasteiger partial charge in [0.25, 0.3) is 0 Å². The molecular formula is C11H8BrF3N4. The first-order chi connectivity index (χ1) is 8.90. The molecule has 4 nitrogen and oxygen atoms in total. The van der Waals surface area contributed by atoms with Crippen LogP contribution in [0.25, 0.3) is 0 Å². The van der Waals surface area contributed by atoms with Crippen LogP contribution < -0.4 is 5.73 Å². The van der Waals surface area contributed by atoms with Gasteiger partial charge in [0.15, 0.2) is 11.6 Å². The van der Waals surface area contributed by atoms with Crippen LogP contribution in [-0.4, -0.2) is 15.9 Å². The van der Waals surface area contributed by atoms with Crippen LogP contribution in [0.1, 0.15) is 11.3 Å². The number of aromatic nitrogens is 2. The van der Waals surface area contributed by atoms with Gasteiger partial charge >= 0.3 is 0 Å². The Labute approximate surface area is 114 Å². The normalized spacial score (nSPS) is 11.4. The Bertz CT molecular complexity index is 666. The summed E-state index contributed by atoms with van der Waals surface area (Å²) in [5.74, 6) is -3.30. The molecular weight excluding hydrogens is 325 g/mol. The highest BCUT2D eigenvalue weighted by molar-refractivity contribution is 9.10. The lowest BCUT2D eigenvalue weighted by Crippen LogP contribution is -2.00. The molecule has 2 N–H and O–H groups in total. The fourth-order valence-corrected chi connectivity index (χ4v) is 1.82. The number of nitrogens with two attached hydrogens (primary N) is 1. The summed E-state index contributed by atoms with van der Waals surface area (Å²) < 4.78 is 40.5. The largest absolute Gasteiger partial charge is 0.368 e. The van der Waals surface area contributed by atoms with Crippen molar-refractivity contribution in [1.29, 1.82) is 0 Å². The zero-order chi connectivity index (χ0) is 14.2. The SMILES string of the molecule is Cc1cn(N=Cc2cc(F)c(F)c(Br)c2F)c(N)n1. The molecule has 0 atom stereocenters. The van der Waals surface area contributed by atoms with E-state index < -0.39 is 21.9 Å². The Balaban J connectivity index is 2.42. The van der Waals surface area contributed by atoms with Gasteiger partial charge in [-0.25, -0.2) is 22.8 Å². The summed E-state index contributed by atoms with van der Waals surface area (Å²) in [5, 5.41) is 3.82. The first-order valence-corrected chi connectivity index (χ1v) is 5.88. The molecule has 1 heterocycles. The number of benzene rings is 1. The van der Waals surface area contributed by atoms with Crippen LogP contribution in [0.2, 0.25) is 0 Å². The molecule has 2 rings (SSSR count). The van der Waals surface area contributed by atoms with Gasteiger partial charge < -0.3 is 5.73 Å². The summed E-state index contributed by atoms with van der Waals surface area (Å²) in [5.41, 5.74) is 5.94. The molecule has 0 unspecified atom stereocenters. The van der Waals surface area contributed by atoms with Gasteiger partial charge in [0.2, 0.25) is 5.95 Å². The lowest BCUT2D eigenvalue weighted by atomic mass is 10.2. The van der Waals surface area contributed by atoms with Gasteiger partial charge in [-0.15, -0.1) is 0 Å². The molecule has 0 radical (unpaired) electrons. The number of nitrogens with zero attached hydrogens (tertiary/aromatic N) is 3. The number of aryl methyl sites for hydroxylation is 1. The number of halogens is 4. The van der Waals surface area contributed by atoms with E-state index in [4.69, 9.17) is 5.73 Å². The zero-order valence-corrected chi connectivity index (χ0v) is 11.2. The third kappa shape index (κ3) is 2.62. The number of hydrogen-bond acceptors (Lipinski definition) is 3. The van der Waals surface area contributed by atoms with E-state index in [1.54, 1.807) is 6.92 Å². The highest BCUT2D eigenvalue weighted by Gasteiger charge is 2.15. The molecule has 0 fully saturated rings. The van der Waals surface area contributed by atoms with Crippen molar-refractivity contribution < 1.29 is 13.2 Å². The Hall–Kier alpha value is -1.83. The van der Waals surface area contributed by atoms with Crippen molar-refractivity contribution in [3.05, 3.63) is 45.4 Å². The highest BCUT2D eigenvalue weighted by atomic mass is 79.9. The molecule has 8 heteroatoms. The monoisotopic (exact) mass is 332 g/mol. The van der Waals surface area contributed by atoms with Gasteiger partial charge in [0.05, 0.1) is 22.6 Å². The van der Waals surface area contributed by atoms with Gasteiger partial charge in [-0.2, -0.15) is 5.10 Å². The molecule has 0 aliphatic carbocycles. The Morgan fingerprint density at radius 3 is 2.63 bits per heavy atom. The molecule has 0 aliphatic heterocycles. The molecule has 0 saturated carbocycles. The molecule has 1 aromatic carbocycles. The number of hydrogen-bond donors (Lipinski definition) is 1. The van der Waals surface area contributed by atoms with Gasteiger partial charge in [-0.3, -0.25) is 0 Å². The lowest BCUT2D eigenvalue weighted by molar-refractivity contribution is 0.487. The van der Waals surface area contributed by atoms with Crippen LogP contribution in [0.5, 0.6) is 0 Å². The van der Waals surface area contributed by atoms with E-state index in [0.717, 1.165) is 6.21 Å². The van der Waals surface area contributed by atoms with E-state index in [1.165, 1.54) is 10.9 Å². The molecule has 0 aliphatic rings.